The van der Waals surface area contributed by atoms with Crippen LogP contribution in [0.3, 0.4) is 0 Å². The van der Waals surface area contributed by atoms with Crippen molar-refractivity contribution >= 4 is 5.91 Å². The lowest BCUT2D eigenvalue weighted by Crippen LogP contribution is -2.35. The van der Waals surface area contributed by atoms with Crippen molar-refractivity contribution in [3.05, 3.63) is 33.2 Å². The Kier molecular flexibility index (Phi) is 5.40. The Balaban J connectivity index is 1.90. The second kappa shape index (κ2) is 7.09. The van der Waals surface area contributed by atoms with Crippen LogP contribution >= 0.6 is 0 Å². The van der Waals surface area contributed by atoms with E-state index in [1.165, 1.54) is 0 Å². The van der Waals surface area contributed by atoms with Crippen LogP contribution < -0.4 is 10.9 Å². The average Bonchev–Trinajstić information content (AvgIpc) is 2.81. The molecule has 122 valence electrons. The average molecular weight is 305 g/mol. The fraction of sp³-hybridized carbons (Fsp3) is 0.647. The number of carbonyl (C=O) groups excluding carboxylic acids is 1. The molecule has 2 heterocycles. The minimum Gasteiger partial charge on any atom is -0.352 e. The van der Waals surface area contributed by atoms with E-state index in [0.29, 0.717) is 18.4 Å². The highest BCUT2D eigenvalue weighted by molar-refractivity contribution is 5.95. The lowest BCUT2D eigenvalue weighted by molar-refractivity contribution is 0.0945. The molecule has 1 atom stereocenters. The van der Waals surface area contributed by atoms with Gasteiger partial charge < -0.3 is 15.2 Å². The Labute approximate surface area is 132 Å². The Morgan fingerprint density at radius 1 is 1.45 bits per heavy atom. The Bertz CT molecular complexity index is 592. The van der Waals surface area contributed by atoms with Crippen LogP contribution in [0.15, 0.2) is 10.9 Å². The highest BCUT2D eigenvalue weighted by Crippen LogP contribution is 2.16. The number of hydrogen-bond donors (Lipinski definition) is 2. The van der Waals surface area contributed by atoms with Crippen LogP contribution in [0, 0.1) is 25.7 Å². The van der Waals surface area contributed by atoms with E-state index in [9.17, 15) is 9.59 Å². The standard InChI is InChI=1S/C17H27N3O2/c1-11(2)9-20-6-5-14(10-20)8-18-16(21)15-12(3)7-13(4)19-17(15)22/h7,11,14H,5-6,8-10H2,1-4H3,(H,18,21)(H,19,22). The predicted molar refractivity (Wildman–Crippen MR) is 88.3 cm³/mol. The summed E-state index contributed by atoms with van der Waals surface area (Å²) in [4.78, 5) is 29.4. The van der Waals surface area contributed by atoms with Gasteiger partial charge in [0.15, 0.2) is 0 Å². The molecule has 0 aromatic carbocycles. The fourth-order valence-corrected chi connectivity index (χ4v) is 3.22. The first-order valence-corrected chi connectivity index (χ1v) is 8.08. The zero-order valence-corrected chi connectivity index (χ0v) is 14.0. The first-order valence-electron chi connectivity index (χ1n) is 8.08. The van der Waals surface area contributed by atoms with Crippen molar-refractivity contribution < 1.29 is 4.79 Å². The third kappa shape index (κ3) is 4.19. The molecule has 1 amide bonds. The zero-order chi connectivity index (χ0) is 16.3. The number of aromatic nitrogens is 1. The molecule has 1 aromatic rings. The predicted octanol–water partition coefficient (Wildman–Crippen LogP) is 1.70. The minimum absolute atomic E-state index is 0.239. The van der Waals surface area contributed by atoms with Crippen LogP contribution in [0.4, 0.5) is 0 Å². The molecule has 0 spiro atoms. The molecular formula is C17H27N3O2. The van der Waals surface area contributed by atoms with Crippen molar-refractivity contribution in [3.8, 4) is 0 Å². The van der Waals surface area contributed by atoms with E-state index in [0.717, 1.165) is 37.3 Å². The number of carbonyl (C=O) groups is 1. The molecule has 5 heteroatoms. The van der Waals surface area contributed by atoms with Gasteiger partial charge in [0.05, 0.1) is 0 Å². The van der Waals surface area contributed by atoms with Crippen molar-refractivity contribution in [2.45, 2.75) is 34.1 Å². The molecule has 0 bridgehead atoms. The SMILES string of the molecule is Cc1cc(C)c(C(=O)NCC2CCN(CC(C)C)C2)c(=O)[nH]1. The van der Waals surface area contributed by atoms with Gasteiger partial charge in [-0.25, -0.2) is 0 Å². The monoisotopic (exact) mass is 305 g/mol. The summed E-state index contributed by atoms with van der Waals surface area (Å²) < 4.78 is 0. The number of pyridine rings is 1. The van der Waals surface area contributed by atoms with E-state index in [2.05, 4.69) is 29.0 Å². The minimum atomic E-state index is -0.303. The van der Waals surface area contributed by atoms with Crippen molar-refractivity contribution in [1.82, 2.24) is 15.2 Å². The van der Waals surface area contributed by atoms with E-state index in [1.54, 1.807) is 6.92 Å². The normalized spacial score (nSPS) is 18.9. The second-order valence-electron chi connectivity index (χ2n) is 6.86. The maximum atomic E-state index is 12.3. The van der Waals surface area contributed by atoms with Gasteiger partial charge in [0.25, 0.3) is 11.5 Å². The van der Waals surface area contributed by atoms with Gasteiger partial charge >= 0.3 is 0 Å². The van der Waals surface area contributed by atoms with Crippen molar-refractivity contribution in [3.63, 3.8) is 0 Å². The van der Waals surface area contributed by atoms with E-state index < -0.39 is 0 Å². The number of nitrogens with one attached hydrogen (secondary N) is 2. The first kappa shape index (κ1) is 16.7. The number of H-pyrrole nitrogens is 1. The number of likely N-dealkylation sites (tertiary alicyclic amines) is 1. The topological polar surface area (TPSA) is 65.2 Å². The summed E-state index contributed by atoms with van der Waals surface area (Å²) in [6.07, 6.45) is 1.11. The van der Waals surface area contributed by atoms with Gasteiger partial charge in [-0.05, 0) is 50.3 Å². The Morgan fingerprint density at radius 3 is 2.82 bits per heavy atom. The number of nitrogens with zero attached hydrogens (tertiary/aromatic N) is 1. The van der Waals surface area contributed by atoms with Crippen LogP contribution in [-0.2, 0) is 0 Å². The molecule has 0 aliphatic carbocycles. The molecule has 1 aliphatic rings. The number of rotatable bonds is 5. The van der Waals surface area contributed by atoms with E-state index in [4.69, 9.17) is 0 Å². The van der Waals surface area contributed by atoms with Crippen LogP contribution in [0.1, 0.15) is 41.9 Å². The molecule has 1 aromatic heterocycles. The third-order valence-electron chi connectivity index (χ3n) is 4.14. The quantitative estimate of drug-likeness (QED) is 0.870. The van der Waals surface area contributed by atoms with Crippen LogP contribution in [0.25, 0.3) is 0 Å². The lowest BCUT2D eigenvalue weighted by Gasteiger charge is -2.18. The second-order valence-corrected chi connectivity index (χ2v) is 6.86. The summed E-state index contributed by atoms with van der Waals surface area (Å²) in [5, 5.41) is 2.93. The summed E-state index contributed by atoms with van der Waals surface area (Å²) in [7, 11) is 0. The van der Waals surface area contributed by atoms with E-state index in [1.807, 2.05) is 13.0 Å². The summed E-state index contributed by atoms with van der Waals surface area (Å²) >= 11 is 0. The number of aryl methyl sites for hydroxylation is 2. The third-order valence-corrected chi connectivity index (χ3v) is 4.14. The molecule has 1 aliphatic heterocycles. The maximum Gasteiger partial charge on any atom is 0.261 e. The molecular weight excluding hydrogens is 278 g/mol. The molecule has 1 fully saturated rings. The van der Waals surface area contributed by atoms with Gasteiger partial charge in [0.1, 0.15) is 5.56 Å². The fourth-order valence-electron chi connectivity index (χ4n) is 3.22. The van der Waals surface area contributed by atoms with Gasteiger partial charge in [0, 0.05) is 25.3 Å². The van der Waals surface area contributed by atoms with Crippen molar-refractivity contribution in [2.75, 3.05) is 26.2 Å². The molecule has 0 saturated carbocycles. The highest BCUT2D eigenvalue weighted by atomic mass is 16.2. The summed E-state index contributed by atoms with van der Waals surface area (Å²) in [5.74, 6) is 0.885. The molecule has 1 unspecified atom stereocenters. The van der Waals surface area contributed by atoms with Crippen molar-refractivity contribution in [2.24, 2.45) is 11.8 Å². The highest BCUT2D eigenvalue weighted by Gasteiger charge is 2.24. The van der Waals surface area contributed by atoms with E-state index >= 15 is 0 Å². The largest absolute Gasteiger partial charge is 0.352 e. The van der Waals surface area contributed by atoms with Crippen LogP contribution in [-0.4, -0.2) is 42.0 Å². The number of aromatic amines is 1. The van der Waals surface area contributed by atoms with Crippen molar-refractivity contribution in [1.29, 1.82) is 0 Å². The molecule has 2 N–H and O–H groups in total. The summed E-state index contributed by atoms with van der Waals surface area (Å²) in [6, 6.07) is 1.83. The number of hydrogen-bond acceptors (Lipinski definition) is 3. The molecule has 22 heavy (non-hydrogen) atoms. The molecule has 2 rings (SSSR count). The van der Waals surface area contributed by atoms with Gasteiger partial charge in [-0.3, -0.25) is 9.59 Å². The van der Waals surface area contributed by atoms with Gasteiger partial charge in [0.2, 0.25) is 0 Å². The Morgan fingerprint density at radius 2 is 2.18 bits per heavy atom. The van der Waals surface area contributed by atoms with Gasteiger partial charge in [-0.1, -0.05) is 13.8 Å². The summed E-state index contributed by atoms with van der Waals surface area (Å²) in [5.41, 5.74) is 1.44. The van der Waals surface area contributed by atoms with E-state index in [-0.39, 0.29) is 17.0 Å². The smallest absolute Gasteiger partial charge is 0.261 e. The van der Waals surface area contributed by atoms with Gasteiger partial charge in [-0.2, -0.15) is 0 Å². The van der Waals surface area contributed by atoms with Crippen LogP contribution in [0.5, 0.6) is 0 Å². The maximum absolute atomic E-state index is 12.3. The molecule has 1 saturated heterocycles. The van der Waals surface area contributed by atoms with Crippen LogP contribution in [0.2, 0.25) is 0 Å². The van der Waals surface area contributed by atoms with Gasteiger partial charge in [-0.15, -0.1) is 0 Å². The Hall–Kier alpha value is -1.62. The number of amides is 1. The summed E-state index contributed by atoms with van der Waals surface area (Å²) in [6.45, 7) is 11.9. The molecule has 5 nitrogen and oxygen atoms in total. The zero-order valence-electron chi connectivity index (χ0n) is 14.0. The molecule has 0 radical (unpaired) electrons. The lowest BCUT2D eigenvalue weighted by atomic mass is 10.1. The first-order chi connectivity index (χ1) is 10.4.